The third-order valence-electron chi connectivity index (χ3n) is 6.03. The second-order valence-electron chi connectivity index (χ2n) is 8.66. The molecule has 0 aliphatic carbocycles. The molecule has 1 unspecified atom stereocenters. The molecular formula is C22H26N4O5S3. The first kappa shape index (κ1) is 24.8. The van der Waals surface area contributed by atoms with Crippen LogP contribution in [0.25, 0.3) is 0 Å². The maximum absolute atomic E-state index is 13.6. The number of carboxylic acids is 1. The van der Waals surface area contributed by atoms with Gasteiger partial charge in [-0.1, -0.05) is 36.1 Å². The molecule has 2 saturated heterocycles. The molecular weight excluding hydrogens is 496 g/mol. The zero-order valence-electron chi connectivity index (χ0n) is 18.9. The van der Waals surface area contributed by atoms with Gasteiger partial charge in [-0.2, -0.15) is 0 Å². The number of carbonyl (C=O) groups excluding carboxylic acids is 2. The molecule has 0 saturated carbocycles. The molecule has 2 amide bonds. The number of nitrogens with zero attached hydrogens (tertiary/aromatic N) is 3. The number of nitrogens with one attached hydrogen (secondary N) is 1. The zero-order chi connectivity index (χ0) is 24.7. The van der Waals surface area contributed by atoms with E-state index >= 15 is 0 Å². The Morgan fingerprint density at radius 1 is 1.24 bits per heavy atom. The van der Waals surface area contributed by atoms with Gasteiger partial charge in [-0.3, -0.25) is 19.4 Å². The van der Waals surface area contributed by atoms with Crippen molar-refractivity contribution in [2.24, 2.45) is 0 Å². The lowest BCUT2D eigenvalue weighted by Gasteiger charge is -2.50. The normalized spacial score (nSPS) is 24.1. The number of carbonyl (C=O) groups is 3. The predicted molar refractivity (Wildman–Crippen MR) is 135 cm³/mol. The summed E-state index contributed by atoms with van der Waals surface area (Å²) in [4.78, 5) is 43.4. The maximum Gasteiger partial charge on any atom is 0.352 e. The van der Waals surface area contributed by atoms with Crippen LogP contribution in [0.1, 0.15) is 32.4 Å². The Labute approximate surface area is 211 Å². The highest BCUT2D eigenvalue weighted by Gasteiger charge is 2.54. The number of hydrogen-bond donors (Lipinski definition) is 3. The van der Waals surface area contributed by atoms with E-state index in [1.54, 1.807) is 19.1 Å². The van der Waals surface area contributed by atoms with E-state index in [2.05, 4.69) is 5.32 Å². The lowest BCUT2D eigenvalue weighted by molar-refractivity contribution is -0.151. The van der Waals surface area contributed by atoms with Crippen LogP contribution in [0.2, 0.25) is 0 Å². The fraction of sp³-hybridized carbons (Fsp3) is 0.455. The molecule has 3 heterocycles. The fourth-order valence-corrected chi connectivity index (χ4v) is 6.90. The Morgan fingerprint density at radius 2 is 1.91 bits per heavy atom. The number of β-lactam (4-membered cyclic amide) rings is 1. The monoisotopic (exact) mass is 522 g/mol. The molecule has 4 rings (SSSR count). The van der Waals surface area contributed by atoms with Crippen molar-refractivity contribution in [1.82, 2.24) is 20.0 Å². The van der Waals surface area contributed by atoms with Crippen LogP contribution in [0.3, 0.4) is 0 Å². The molecule has 0 bridgehead atoms. The van der Waals surface area contributed by atoms with Gasteiger partial charge in [0.2, 0.25) is 5.91 Å². The highest BCUT2D eigenvalue weighted by Crippen LogP contribution is 2.40. The van der Waals surface area contributed by atoms with Crippen molar-refractivity contribution in [3.05, 3.63) is 41.1 Å². The van der Waals surface area contributed by atoms with Crippen LogP contribution in [-0.4, -0.2) is 82.8 Å². The summed E-state index contributed by atoms with van der Waals surface area (Å²) in [5, 5.41) is 21.7. The first-order valence-corrected chi connectivity index (χ1v) is 13.2. The lowest BCUT2D eigenvalue weighted by Crippen LogP contribution is -2.71. The van der Waals surface area contributed by atoms with E-state index in [1.807, 2.05) is 23.6 Å². The summed E-state index contributed by atoms with van der Waals surface area (Å²) in [5.41, 5.74) is 1.31. The standard InChI is InChI=1S/C22H26N4O5S3/c1-11(2)25-9-24(10-34-22(25)32)17(13-4-6-14(27)7-5-13)18(28)23-15-19(29)26-16(21(30)31)12(3)8-33-20(15)26/h4-7,11,15,17,20,27H,8-10H2,1-3H3,(H,23,28)(H,30,31)/t15-,17-,20?/m1/s1. The number of thioether (sulfide) groups is 2. The topological polar surface area (TPSA) is 113 Å². The van der Waals surface area contributed by atoms with Gasteiger partial charge >= 0.3 is 5.97 Å². The van der Waals surface area contributed by atoms with Crippen molar-refractivity contribution in [1.29, 1.82) is 0 Å². The SMILES string of the molecule is CC1=C(C(=O)O)N2C(=O)[C@@H](NC(=O)[C@@H](c3ccc(O)cc3)N3CSC(=S)N(C(C)C)C3)C2SC1. The summed E-state index contributed by atoms with van der Waals surface area (Å²) < 4.78 is 0.767. The van der Waals surface area contributed by atoms with Crippen LogP contribution in [0.5, 0.6) is 5.75 Å². The van der Waals surface area contributed by atoms with Crippen molar-refractivity contribution in [3.8, 4) is 5.75 Å². The lowest BCUT2D eigenvalue weighted by atomic mass is 10.0. The van der Waals surface area contributed by atoms with Crippen molar-refractivity contribution >= 4 is 57.8 Å². The molecule has 0 spiro atoms. The molecule has 3 aliphatic rings. The molecule has 182 valence electrons. The van der Waals surface area contributed by atoms with E-state index < -0.39 is 29.3 Å². The van der Waals surface area contributed by atoms with E-state index in [0.717, 1.165) is 4.32 Å². The first-order chi connectivity index (χ1) is 16.1. The van der Waals surface area contributed by atoms with E-state index in [1.165, 1.54) is 40.6 Å². The van der Waals surface area contributed by atoms with Crippen LogP contribution >= 0.6 is 35.7 Å². The van der Waals surface area contributed by atoms with Gasteiger partial charge in [0, 0.05) is 11.8 Å². The Hall–Kier alpha value is -2.28. The first-order valence-electron chi connectivity index (χ1n) is 10.7. The predicted octanol–water partition coefficient (Wildman–Crippen LogP) is 2.15. The van der Waals surface area contributed by atoms with E-state index in [0.29, 0.717) is 29.4 Å². The van der Waals surface area contributed by atoms with Crippen LogP contribution in [0.4, 0.5) is 0 Å². The molecule has 34 heavy (non-hydrogen) atoms. The van der Waals surface area contributed by atoms with Gasteiger partial charge in [0.1, 0.15) is 33.2 Å². The largest absolute Gasteiger partial charge is 0.508 e. The number of thiocarbonyl (C=S) groups is 1. The summed E-state index contributed by atoms with van der Waals surface area (Å²) in [7, 11) is 0. The van der Waals surface area contributed by atoms with Gasteiger partial charge in [0.25, 0.3) is 5.91 Å². The number of phenols is 1. The van der Waals surface area contributed by atoms with Crippen LogP contribution in [0.15, 0.2) is 35.5 Å². The van der Waals surface area contributed by atoms with Gasteiger partial charge in [-0.15, -0.1) is 11.8 Å². The summed E-state index contributed by atoms with van der Waals surface area (Å²) in [6.45, 7) is 6.20. The van der Waals surface area contributed by atoms with Gasteiger partial charge < -0.3 is 20.4 Å². The number of rotatable bonds is 6. The minimum absolute atomic E-state index is 0.00264. The number of benzene rings is 1. The van der Waals surface area contributed by atoms with E-state index in [9.17, 15) is 24.6 Å². The molecule has 9 nitrogen and oxygen atoms in total. The Balaban J connectivity index is 1.57. The van der Waals surface area contributed by atoms with Crippen LogP contribution in [-0.2, 0) is 14.4 Å². The average Bonchev–Trinajstić information content (AvgIpc) is 2.79. The average molecular weight is 523 g/mol. The second-order valence-corrected chi connectivity index (χ2v) is 11.3. The van der Waals surface area contributed by atoms with Crippen molar-refractivity contribution in [2.75, 3.05) is 18.3 Å². The number of carboxylic acid groups (broad SMARTS) is 1. The molecule has 3 atom stereocenters. The molecule has 2 fully saturated rings. The Kier molecular flexibility index (Phi) is 7.13. The Bertz CT molecular complexity index is 1060. The van der Waals surface area contributed by atoms with E-state index in [4.69, 9.17) is 12.2 Å². The maximum atomic E-state index is 13.6. The van der Waals surface area contributed by atoms with Gasteiger partial charge in [-0.25, -0.2) is 4.79 Å². The molecule has 0 aromatic heterocycles. The van der Waals surface area contributed by atoms with Crippen LogP contribution < -0.4 is 5.32 Å². The summed E-state index contributed by atoms with van der Waals surface area (Å²) in [5.74, 6) is -0.859. The number of aromatic hydroxyl groups is 1. The minimum Gasteiger partial charge on any atom is -0.508 e. The number of hydrogen-bond acceptors (Lipinski definition) is 8. The third-order valence-corrected chi connectivity index (χ3v) is 8.98. The number of amides is 2. The Morgan fingerprint density at radius 3 is 2.53 bits per heavy atom. The van der Waals surface area contributed by atoms with Crippen molar-refractivity contribution in [3.63, 3.8) is 0 Å². The molecule has 3 N–H and O–H groups in total. The summed E-state index contributed by atoms with van der Waals surface area (Å²) >= 11 is 8.39. The number of aliphatic carboxylic acids is 1. The van der Waals surface area contributed by atoms with Gasteiger partial charge in [0.15, 0.2) is 0 Å². The summed E-state index contributed by atoms with van der Waals surface area (Å²) in [6, 6.07) is 5.06. The van der Waals surface area contributed by atoms with E-state index in [-0.39, 0.29) is 23.4 Å². The molecule has 1 aromatic rings. The van der Waals surface area contributed by atoms with Crippen LogP contribution in [0, 0.1) is 0 Å². The van der Waals surface area contributed by atoms with Crippen molar-refractivity contribution in [2.45, 2.75) is 44.3 Å². The van der Waals surface area contributed by atoms with Crippen molar-refractivity contribution < 1.29 is 24.6 Å². The smallest absolute Gasteiger partial charge is 0.352 e. The second kappa shape index (κ2) is 9.76. The summed E-state index contributed by atoms with van der Waals surface area (Å²) in [6.07, 6.45) is 0. The third kappa shape index (κ3) is 4.51. The highest BCUT2D eigenvalue weighted by molar-refractivity contribution is 8.22. The highest BCUT2D eigenvalue weighted by atomic mass is 32.2. The minimum atomic E-state index is -1.14. The molecule has 1 aromatic carbocycles. The molecule has 12 heteroatoms. The molecule has 0 radical (unpaired) electrons. The van der Waals surface area contributed by atoms with Gasteiger partial charge in [-0.05, 0) is 44.0 Å². The fourth-order valence-electron chi connectivity index (χ4n) is 4.24. The number of phenolic OH excluding ortho intramolecular Hbond substituents is 1. The van der Waals surface area contributed by atoms with Gasteiger partial charge in [0.05, 0.1) is 12.5 Å². The zero-order valence-corrected chi connectivity index (χ0v) is 21.4. The molecule has 3 aliphatic heterocycles. The number of fused-ring (bicyclic) bond motifs is 1. The quantitative estimate of drug-likeness (QED) is 0.379.